The van der Waals surface area contributed by atoms with Crippen LogP contribution < -0.4 is 10.9 Å². The molecule has 1 aromatic heterocycles. The molecule has 0 unspecified atom stereocenters. The molecule has 0 radical (unpaired) electrons. The Labute approximate surface area is 125 Å². The summed E-state index contributed by atoms with van der Waals surface area (Å²) >= 11 is 0. The fourth-order valence-corrected chi connectivity index (χ4v) is 1.94. The predicted octanol–water partition coefficient (Wildman–Crippen LogP) is 2.57. The van der Waals surface area contributed by atoms with E-state index >= 15 is 0 Å². The van der Waals surface area contributed by atoms with Gasteiger partial charge >= 0.3 is 12.1 Å². The lowest BCUT2D eigenvalue weighted by molar-refractivity contribution is 0.0634. The van der Waals surface area contributed by atoms with Gasteiger partial charge in [-0.3, -0.25) is 10.1 Å². The van der Waals surface area contributed by atoms with Crippen LogP contribution in [0.4, 0.5) is 10.5 Å². The fraction of sp³-hybridized carbons (Fsp3) is 0.267. The maximum absolute atomic E-state index is 11.8. The molecule has 0 fully saturated rings. The van der Waals surface area contributed by atoms with Crippen LogP contribution in [0.1, 0.15) is 31.1 Å². The number of fused-ring (bicyclic) bond motifs is 1. The van der Waals surface area contributed by atoms with E-state index in [4.69, 9.17) is 9.84 Å². The molecule has 22 heavy (non-hydrogen) atoms. The highest BCUT2D eigenvalue weighted by atomic mass is 16.6. The van der Waals surface area contributed by atoms with Crippen molar-refractivity contribution in [1.29, 1.82) is 0 Å². The van der Waals surface area contributed by atoms with Gasteiger partial charge in [-0.1, -0.05) is 6.07 Å². The Morgan fingerprint density at radius 3 is 2.50 bits per heavy atom. The number of aromatic amines is 1. The Morgan fingerprint density at radius 1 is 1.23 bits per heavy atom. The van der Waals surface area contributed by atoms with Gasteiger partial charge in [0.05, 0.1) is 5.56 Å². The number of aromatic nitrogens is 1. The zero-order valence-corrected chi connectivity index (χ0v) is 12.4. The summed E-state index contributed by atoms with van der Waals surface area (Å²) in [5, 5.41) is 12.1. The Bertz CT molecular complexity index is 802. The number of carbonyl (C=O) groups excluding carboxylic acids is 1. The van der Waals surface area contributed by atoms with Crippen LogP contribution in [0.25, 0.3) is 10.8 Å². The van der Waals surface area contributed by atoms with E-state index in [9.17, 15) is 14.4 Å². The van der Waals surface area contributed by atoms with Gasteiger partial charge in [0.2, 0.25) is 0 Å². The summed E-state index contributed by atoms with van der Waals surface area (Å²) in [5.74, 6) is -1.14. The molecule has 2 aromatic rings. The molecular formula is C15H16N2O5. The highest BCUT2D eigenvalue weighted by Gasteiger charge is 2.17. The first-order chi connectivity index (χ1) is 10.2. The molecule has 7 heteroatoms. The van der Waals surface area contributed by atoms with Gasteiger partial charge in [0, 0.05) is 22.7 Å². The van der Waals surface area contributed by atoms with Crippen molar-refractivity contribution >= 4 is 28.5 Å². The molecule has 1 aromatic carbocycles. The number of nitrogens with one attached hydrogen (secondary N) is 2. The van der Waals surface area contributed by atoms with E-state index in [1.165, 1.54) is 18.2 Å². The van der Waals surface area contributed by atoms with Crippen LogP contribution in [0, 0.1) is 0 Å². The molecule has 0 spiro atoms. The number of hydrogen-bond donors (Lipinski definition) is 3. The van der Waals surface area contributed by atoms with Crippen molar-refractivity contribution in [3.63, 3.8) is 0 Å². The minimum absolute atomic E-state index is 0.0154. The first kappa shape index (κ1) is 15.6. The third-order valence-corrected chi connectivity index (χ3v) is 2.78. The number of H-pyrrole nitrogens is 1. The number of anilines is 1. The van der Waals surface area contributed by atoms with E-state index < -0.39 is 23.2 Å². The average molecular weight is 304 g/mol. The fourth-order valence-electron chi connectivity index (χ4n) is 1.94. The van der Waals surface area contributed by atoms with Crippen molar-refractivity contribution in [2.45, 2.75) is 26.4 Å². The van der Waals surface area contributed by atoms with Crippen LogP contribution in [0.15, 0.2) is 29.2 Å². The second-order valence-corrected chi connectivity index (χ2v) is 5.72. The summed E-state index contributed by atoms with van der Waals surface area (Å²) in [6.45, 7) is 5.20. The second-order valence-electron chi connectivity index (χ2n) is 5.72. The topological polar surface area (TPSA) is 108 Å². The van der Waals surface area contributed by atoms with Gasteiger partial charge in [-0.25, -0.2) is 9.59 Å². The lowest BCUT2D eigenvalue weighted by Gasteiger charge is -2.19. The van der Waals surface area contributed by atoms with E-state index in [0.29, 0.717) is 11.1 Å². The van der Waals surface area contributed by atoms with Gasteiger partial charge in [-0.05, 0) is 32.9 Å². The van der Waals surface area contributed by atoms with Crippen molar-refractivity contribution in [3.8, 4) is 0 Å². The lowest BCUT2D eigenvalue weighted by atomic mass is 10.1. The molecule has 7 nitrogen and oxygen atoms in total. The normalized spacial score (nSPS) is 11.2. The standard InChI is InChI=1S/C15H16N2O5/c1-15(2,3)22-14(21)17-8-4-5-9-10(6-8)12(18)16-7-11(9)13(19)20/h4-7H,1-3H3,(H,16,18)(H,17,21)(H,19,20). The molecule has 0 aliphatic carbocycles. The Balaban J connectivity index is 2.39. The summed E-state index contributed by atoms with van der Waals surface area (Å²) in [6.07, 6.45) is 0.492. The molecule has 0 saturated heterocycles. The van der Waals surface area contributed by atoms with E-state index in [1.54, 1.807) is 20.8 Å². The van der Waals surface area contributed by atoms with Crippen molar-refractivity contribution in [1.82, 2.24) is 4.98 Å². The van der Waals surface area contributed by atoms with Gasteiger partial charge in [-0.15, -0.1) is 0 Å². The molecule has 3 N–H and O–H groups in total. The zero-order chi connectivity index (χ0) is 16.5. The van der Waals surface area contributed by atoms with Gasteiger partial charge in [0.25, 0.3) is 5.56 Å². The van der Waals surface area contributed by atoms with Crippen LogP contribution >= 0.6 is 0 Å². The van der Waals surface area contributed by atoms with Crippen LogP contribution in [0.5, 0.6) is 0 Å². The molecular weight excluding hydrogens is 288 g/mol. The first-order valence-electron chi connectivity index (χ1n) is 6.56. The average Bonchev–Trinajstić information content (AvgIpc) is 2.37. The third kappa shape index (κ3) is 3.43. The Hall–Kier alpha value is -2.83. The molecule has 1 heterocycles. The molecule has 2 rings (SSSR count). The van der Waals surface area contributed by atoms with Crippen molar-refractivity contribution in [2.24, 2.45) is 0 Å². The van der Waals surface area contributed by atoms with Gasteiger partial charge in [0.15, 0.2) is 0 Å². The number of carboxylic acid groups (broad SMARTS) is 1. The summed E-state index contributed by atoms with van der Waals surface area (Å²) < 4.78 is 5.12. The highest BCUT2D eigenvalue weighted by molar-refractivity contribution is 6.04. The van der Waals surface area contributed by atoms with Crippen LogP contribution in [0.2, 0.25) is 0 Å². The van der Waals surface area contributed by atoms with Gasteiger partial charge < -0.3 is 14.8 Å². The summed E-state index contributed by atoms with van der Waals surface area (Å²) in [4.78, 5) is 37.0. The number of ether oxygens (including phenoxy) is 1. The second kappa shape index (κ2) is 5.51. The van der Waals surface area contributed by atoms with E-state index in [0.717, 1.165) is 6.20 Å². The molecule has 0 atom stereocenters. The van der Waals surface area contributed by atoms with E-state index in [1.807, 2.05) is 0 Å². The predicted molar refractivity (Wildman–Crippen MR) is 81.4 cm³/mol. The number of hydrogen-bond acceptors (Lipinski definition) is 4. The molecule has 0 saturated carbocycles. The third-order valence-electron chi connectivity index (χ3n) is 2.78. The van der Waals surface area contributed by atoms with Gasteiger partial charge in [0.1, 0.15) is 5.60 Å². The molecule has 0 bridgehead atoms. The summed E-state index contributed by atoms with van der Waals surface area (Å²) in [6, 6.07) is 4.39. The van der Waals surface area contributed by atoms with Gasteiger partial charge in [-0.2, -0.15) is 0 Å². The van der Waals surface area contributed by atoms with E-state index in [-0.39, 0.29) is 10.9 Å². The molecule has 116 valence electrons. The number of carbonyl (C=O) groups is 2. The number of aromatic carboxylic acids is 1. The summed E-state index contributed by atoms with van der Waals surface area (Å²) in [7, 11) is 0. The summed E-state index contributed by atoms with van der Waals surface area (Å²) in [5.41, 5.74) is -0.754. The number of benzene rings is 1. The van der Waals surface area contributed by atoms with Crippen molar-refractivity contribution in [3.05, 3.63) is 40.3 Å². The monoisotopic (exact) mass is 304 g/mol. The van der Waals surface area contributed by atoms with E-state index in [2.05, 4.69) is 10.3 Å². The highest BCUT2D eigenvalue weighted by Crippen LogP contribution is 2.20. The van der Waals surface area contributed by atoms with Crippen LogP contribution in [-0.4, -0.2) is 27.8 Å². The largest absolute Gasteiger partial charge is 0.478 e. The number of pyridine rings is 1. The van der Waals surface area contributed by atoms with Crippen LogP contribution in [-0.2, 0) is 4.74 Å². The number of carboxylic acids is 1. The SMILES string of the molecule is CC(C)(C)OC(=O)Nc1ccc2c(C(=O)O)c[nH]c(=O)c2c1. The van der Waals surface area contributed by atoms with Crippen molar-refractivity contribution in [2.75, 3.05) is 5.32 Å². The zero-order valence-electron chi connectivity index (χ0n) is 12.4. The minimum atomic E-state index is -1.14. The smallest absolute Gasteiger partial charge is 0.412 e. The lowest BCUT2D eigenvalue weighted by Crippen LogP contribution is -2.27. The number of rotatable bonds is 2. The first-order valence-corrected chi connectivity index (χ1v) is 6.56. The molecule has 1 amide bonds. The quantitative estimate of drug-likeness (QED) is 0.790. The molecule has 0 aliphatic heterocycles. The maximum Gasteiger partial charge on any atom is 0.412 e. The Kier molecular flexibility index (Phi) is 3.90. The van der Waals surface area contributed by atoms with Crippen LogP contribution in [0.3, 0.4) is 0 Å². The minimum Gasteiger partial charge on any atom is -0.478 e. The molecule has 0 aliphatic rings. The Morgan fingerprint density at radius 2 is 1.91 bits per heavy atom. The maximum atomic E-state index is 11.8. The van der Waals surface area contributed by atoms with Crippen molar-refractivity contribution < 1.29 is 19.4 Å². The number of amides is 1.